The molecule has 3 atom stereocenters. The minimum absolute atomic E-state index is 0.184. The molecule has 11 heteroatoms. The van der Waals surface area contributed by atoms with E-state index in [9.17, 15) is 29.3 Å². The monoisotopic (exact) mass is 805 g/mol. The van der Waals surface area contributed by atoms with Crippen LogP contribution < -0.4 is 0 Å². The summed E-state index contributed by atoms with van der Waals surface area (Å²) in [7, 11) is -4.63. The summed E-state index contributed by atoms with van der Waals surface area (Å²) < 4.78 is 32.5. The van der Waals surface area contributed by atoms with Crippen LogP contribution in [0.25, 0.3) is 0 Å². The highest BCUT2D eigenvalue weighted by Gasteiger charge is 2.27. The lowest BCUT2D eigenvalue weighted by atomic mass is 10.0. The van der Waals surface area contributed by atoms with Crippen LogP contribution in [-0.2, 0) is 32.7 Å². The van der Waals surface area contributed by atoms with Gasteiger partial charge in [-0.25, -0.2) is 4.57 Å². The maximum absolute atomic E-state index is 12.3. The third-order valence-corrected chi connectivity index (χ3v) is 10.9. The molecule has 0 aromatic rings. The third kappa shape index (κ3) is 39.3. The van der Waals surface area contributed by atoms with E-state index in [-0.39, 0.29) is 12.8 Å². The Morgan fingerprint density at radius 2 is 0.782 bits per heavy atom. The Morgan fingerprint density at radius 3 is 1.11 bits per heavy atom. The second kappa shape index (κ2) is 40.9. The van der Waals surface area contributed by atoms with Crippen molar-refractivity contribution in [3.8, 4) is 0 Å². The molecule has 0 spiro atoms. The van der Waals surface area contributed by atoms with Crippen LogP contribution in [0.5, 0.6) is 0 Å². The molecule has 0 rings (SSSR count). The molecule has 326 valence electrons. The molecule has 0 aromatic heterocycles. The van der Waals surface area contributed by atoms with E-state index in [1.165, 1.54) is 116 Å². The van der Waals surface area contributed by atoms with Gasteiger partial charge in [-0.1, -0.05) is 187 Å². The van der Waals surface area contributed by atoms with Crippen LogP contribution >= 0.6 is 7.82 Å². The molecule has 0 saturated heterocycles. The van der Waals surface area contributed by atoms with Crippen molar-refractivity contribution in [3.05, 3.63) is 12.2 Å². The molecule has 0 bridgehead atoms. The maximum atomic E-state index is 12.3. The van der Waals surface area contributed by atoms with Crippen molar-refractivity contribution in [1.82, 2.24) is 0 Å². The first kappa shape index (κ1) is 53.7. The second-order valence-electron chi connectivity index (χ2n) is 15.4. The van der Waals surface area contributed by atoms with Crippen molar-refractivity contribution in [2.75, 3.05) is 26.4 Å². The smallest absolute Gasteiger partial charge is 0.457 e. The lowest BCUT2D eigenvalue weighted by Gasteiger charge is -2.20. The summed E-state index contributed by atoms with van der Waals surface area (Å²) in [6.07, 6.45) is 39.2. The zero-order valence-corrected chi connectivity index (χ0v) is 36.3. The normalized spacial score (nSPS) is 13.9. The predicted octanol–water partition coefficient (Wildman–Crippen LogP) is 12.0. The van der Waals surface area contributed by atoms with Gasteiger partial charge in [0.05, 0.1) is 26.4 Å². The topological polar surface area (TPSA) is 149 Å². The van der Waals surface area contributed by atoms with Gasteiger partial charge in [-0.2, -0.15) is 0 Å². The van der Waals surface area contributed by atoms with Crippen LogP contribution in [0.15, 0.2) is 12.2 Å². The predicted molar refractivity (Wildman–Crippen MR) is 224 cm³/mol. The van der Waals surface area contributed by atoms with E-state index in [2.05, 4.69) is 26.0 Å². The zero-order valence-electron chi connectivity index (χ0n) is 35.4. The highest BCUT2D eigenvalue weighted by Crippen LogP contribution is 2.43. The van der Waals surface area contributed by atoms with Gasteiger partial charge in [0.15, 0.2) is 0 Å². The summed E-state index contributed by atoms with van der Waals surface area (Å²) in [5.74, 6) is -1.02. The maximum Gasteiger partial charge on any atom is 0.472 e. The van der Waals surface area contributed by atoms with Gasteiger partial charge in [-0.3, -0.25) is 18.6 Å². The largest absolute Gasteiger partial charge is 0.472 e. The van der Waals surface area contributed by atoms with E-state index >= 15 is 0 Å². The second-order valence-corrected chi connectivity index (χ2v) is 16.8. The van der Waals surface area contributed by atoms with Crippen LogP contribution in [0.4, 0.5) is 0 Å². The number of hydrogen-bond acceptors (Lipinski definition) is 9. The summed E-state index contributed by atoms with van der Waals surface area (Å²) in [5, 5.41) is 19.1. The Bertz CT molecular complexity index is 930. The van der Waals surface area contributed by atoms with Crippen molar-refractivity contribution in [2.24, 2.45) is 0 Å². The molecule has 0 saturated carbocycles. The number of phosphoric ester groups is 1. The number of esters is 2. The number of allylic oxidation sites excluding steroid dienone is 2. The van der Waals surface area contributed by atoms with Crippen LogP contribution in [0.1, 0.15) is 219 Å². The van der Waals surface area contributed by atoms with Gasteiger partial charge in [0, 0.05) is 12.8 Å². The molecule has 0 heterocycles. The molecular weight excluding hydrogens is 719 g/mol. The lowest BCUT2D eigenvalue weighted by Crippen LogP contribution is -2.28. The van der Waals surface area contributed by atoms with E-state index in [0.29, 0.717) is 12.8 Å². The number of ether oxygens (including phenoxy) is 2. The molecule has 0 aliphatic heterocycles. The minimum atomic E-state index is -4.63. The molecule has 10 nitrogen and oxygen atoms in total. The average molecular weight is 805 g/mol. The van der Waals surface area contributed by atoms with Gasteiger partial charge in [-0.05, 0) is 32.1 Å². The van der Waals surface area contributed by atoms with E-state index < -0.39 is 58.4 Å². The van der Waals surface area contributed by atoms with Crippen LogP contribution in [-0.4, -0.2) is 65.7 Å². The Hall–Kier alpha value is -1.29. The number of phosphoric acid groups is 1. The molecule has 0 amide bonds. The number of aliphatic hydroxyl groups excluding tert-OH is 2. The summed E-state index contributed by atoms with van der Waals surface area (Å²) in [5.41, 5.74) is 0. The van der Waals surface area contributed by atoms with Gasteiger partial charge in [-0.15, -0.1) is 0 Å². The van der Waals surface area contributed by atoms with Crippen LogP contribution in [0.2, 0.25) is 0 Å². The van der Waals surface area contributed by atoms with Crippen LogP contribution in [0.3, 0.4) is 0 Å². The summed E-state index contributed by atoms with van der Waals surface area (Å²) >= 11 is 0. The van der Waals surface area contributed by atoms with E-state index in [0.717, 1.165) is 64.2 Å². The summed E-state index contributed by atoms with van der Waals surface area (Å²) in [6, 6.07) is 0. The Balaban J connectivity index is 3.80. The Morgan fingerprint density at radius 1 is 0.473 bits per heavy atom. The first-order valence-corrected chi connectivity index (χ1v) is 24.1. The third-order valence-electron chi connectivity index (χ3n) is 9.96. The van der Waals surface area contributed by atoms with E-state index in [1.807, 2.05) is 0 Å². The first-order valence-electron chi connectivity index (χ1n) is 22.6. The van der Waals surface area contributed by atoms with Crippen molar-refractivity contribution >= 4 is 19.8 Å². The number of hydrogen-bond donors (Lipinski definition) is 3. The SMILES string of the molecule is CCC/C=C\CCCCCCCC(=O)OC(CO)COP(=O)(O)OCC(CO)OC(=O)CCCCCCCCCCCCCCCCCCCCCCCC. The highest BCUT2D eigenvalue weighted by atomic mass is 31.2. The fraction of sp³-hybridized carbons (Fsp3) is 0.909. The Kier molecular flexibility index (Phi) is 39.9. The van der Waals surface area contributed by atoms with E-state index in [1.54, 1.807) is 0 Å². The molecular formula is C44H85O10P. The Labute approximate surface area is 336 Å². The molecule has 0 aromatic carbocycles. The molecule has 0 fully saturated rings. The molecule has 3 N–H and O–H groups in total. The number of unbranched alkanes of at least 4 members (excludes halogenated alkanes) is 27. The molecule has 3 unspecified atom stereocenters. The average Bonchev–Trinajstić information content (AvgIpc) is 3.17. The summed E-state index contributed by atoms with van der Waals surface area (Å²) in [4.78, 5) is 34.4. The molecule has 55 heavy (non-hydrogen) atoms. The fourth-order valence-electron chi connectivity index (χ4n) is 6.47. The molecule has 0 aliphatic carbocycles. The molecule has 0 radical (unpaired) electrons. The molecule has 0 aliphatic rings. The minimum Gasteiger partial charge on any atom is -0.457 e. The van der Waals surface area contributed by atoms with Gasteiger partial charge in [0.1, 0.15) is 12.2 Å². The number of aliphatic hydroxyl groups is 2. The quantitative estimate of drug-likeness (QED) is 0.0235. The lowest BCUT2D eigenvalue weighted by molar-refractivity contribution is -0.153. The van der Waals surface area contributed by atoms with Crippen molar-refractivity contribution in [3.63, 3.8) is 0 Å². The highest BCUT2D eigenvalue weighted by molar-refractivity contribution is 7.47. The standard InChI is InChI=1S/C44H85O10P/c1-3-5-7-9-11-13-15-16-17-18-19-20-21-22-23-24-25-26-28-30-32-34-36-44(48)54-42(38-46)40-52-55(49,50)51-39-41(37-45)53-43(47)35-33-31-29-27-14-12-10-8-6-4-2/h8,10,41-42,45-46H,3-7,9,11-40H2,1-2H3,(H,49,50)/b10-8-. The van der Waals surface area contributed by atoms with E-state index in [4.69, 9.17) is 18.5 Å². The van der Waals surface area contributed by atoms with Crippen molar-refractivity contribution in [1.29, 1.82) is 0 Å². The van der Waals surface area contributed by atoms with Crippen LogP contribution in [0, 0.1) is 0 Å². The van der Waals surface area contributed by atoms with Gasteiger partial charge < -0.3 is 24.6 Å². The zero-order chi connectivity index (χ0) is 40.5. The number of carbonyl (C=O) groups excluding carboxylic acids is 2. The van der Waals surface area contributed by atoms with Crippen molar-refractivity contribution < 1.29 is 47.8 Å². The first-order chi connectivity index (χ1) is 26.8. The van der Waals surface area contributed by atoms with Gasteiger partial charge in [0.2, 0.25) is 0 Å². The van der Waals surface area contributed by atoms with Gasteiger partial charge >= 0.3 is 19.8 Å². The van der Waals surface area contributed by atoms with Gasteiger partial charge in [0.25, 0.3) is 0 Å². The number of rotatable bonds is 43. The number of carbonyl (C=O) groups is 2. The fourth-order valence-corrected chi connectivity index (χ4v) is 7.26. The van der Waals surface area contributed by atoms with Crippen molar-refractivity contribution in [2.45, 2.75) is 232 Å². The summed E-state index contributed by atoms with van der Waals surface area (Å²) in [6.45, 7) is 2.16.